The van der Waals surface area contributed by atoms with Gasteiger partial charge in [0.05, 0.1) is 23.1 Å². The van der Waals surface area contributed by atoms with Gasteiger partial charge >= 0.3 is 5.97 Å². The molecule has 1 fully saturated rings. The number of aryl methyl sites for hydroxylation is 1. The van der Waals surface area contributed by atoms with Gasteiger partial charge in [-0.25, -0.2) is 0 Å². The highest BCUT2D eigenvalue weighted by Crippen LogP contribution is 2.31. The highest BCUT2D eigenvalue weighted by atomic mass is 16.4. The minimum absolute atomic E-state index is 0.333. The van der Waals surface area contributed by atoms with Crippen LogP contribution in [-0.2, 0) is 9.59 Å². The second-order valence-corrected chi connectivity index (χ2v) is 7.19. The summed E-state index contributed by atoms with van der Waals surface area (Å²) in [7, 11) is 0. The minimum atomic E-state index is -0.940. The van der Waals surface area contributed by atoms with Crippen LogP contribution in [-0.4, -0.2) is 22.9 Å². The van der Waals surface area contributed by atoms with E-state index in [0.29, 0.717) is 29.8 Å². The number of carboxylic acid groups (broad SMARTS) is 1. The van der Waals surface area contributed by atoms with Crippen LogP contribution >= 0.6 is 0 Å². The van der Waals surface area contributed by atoms with Crippen LogP contribution in [0.25, 0.3) is 0 Å². The highest BCUT2D eigenvalue weighted by Gasteiger charge is 2.36. The Hall–Kier alpha value is -3.15. The zero-order valence-corrected chi connectivity index (χ0v) is 15.8. The molecule has 2 unspecified atom stereocenters. The van der Waals surface area contributed by atoms with E-state index < -0.39 is 17.8 Å². The molecule has 6 nitrogen and oxygen atoms in total. The first-order chi connectivity index (χ1) is 13.5. The van der Waals surface area contributed by atoms with Crippen LogP contribution in [0.1, 0.15) is 41.6 Å². The number of carbonyl (C=O) groups is 3. The summed E-state index contributed by atoms with van der Waals surface area (Å²) in [5, 5.41) is 15.0. The summed E-state index contributed by atoms with van der Waals surface area (Å²) in [4.78, 5) is 36.9. The van der Waals surface area contributed by atoms with Crippen molar-refractivity contribution in [1.82, 2.24) is 0 Å². The van der Waals surface area contributed by atoms with E-state index in [1.807, 2.05) is 31.2 Å². The van der Waals surface area contributed by atoms with Crippen molar-refractivity contribution in [2.75, 3.05) is 10.6 Å². The molecule has 0 aliphatic heterocycles. The first-order valence-corrected chi connectivity index (χ1v) is 9.46. The summed E-state index contributed by atoms with van der Waals surface area (Å²) < 4.78 is 0. The van der Waals surface area contributed by atoms with Crippen molar-refractivity contribution < 1.29 is 19.5 Å². The number of hydrogen-bond donors (Lipinski definition) is 3. The lowest BCUT2D eigenvalue weighted by Crippen LogP contribution is -2.36. The molecule has 0 bridgehead atoms. The van der Waals surface area contributed by atoms with Crippen molar-refractivity contribution in [3.8, 4) is 0 Å². The molecule has 1 saturated carbocycles. The molecule has 1 aliphatic rings. The third-order valence-electron chi connectivity index (χ3n) is 5.16. The minimum Gasteiger partial charge on any atom is -0.481 e. The molecule has 0 saturated heterocycles. The Morgan fingerprint density at radius 1 is 0.893 bits per heavy atom. The number of para-hydroxylation sites is 1. The summed E-state index contributed by atoms with van der Waals surface area (Å²) in [5.74, 6) is -2.88. The molecule has 146 valence electrons. The molecular weight excluding hydrogens is 356 g/mol. The molecule has 0 heterocycles. The van der Waals surface area contributed by atoms with Gasteiger partial charge in [0.1, 0.15) is 0 Å². The summed E-state index contributed by atoms with van der Waals surface area (Å²) in [5.41, 5.74) is 2.46. The van der Waals surface area contributed by atoms with Crippen LogP contribution in [0.4, 0.5) is 11.4 Å². The van der Waals surface area contributed by atoms with E-state index in [-0.39, 0.29) is 11.8 Å². The predicted molar refractivity (Wildman–Crippen MR) is 107 cm³/mol. The van der Waals surface area contributed by atoms with E-state index in [1.165, 1.54) is 0 Å². The maximum Gasteiger partial charge on any atom is 0.307 e. The third-order valence-corrected chi connectivity index (χ3v) is 5.16. The van der Waals surface area contributed by atoms with E-state index in [1.54, 1.807) is 24.3 Å². The molecule has 3 rings (SSSR count). The Bertz CT molecular complexity index is 876. The number of amides is 2. The second-order valence-electron chi connectivity index (χ2n) is 7.19. The lowest BCUT2D eigenvalue weighted by atomic mass is 9.78. The third kappa shape index (κ3) is 4.57. The summed E-state index contributed by atoms with van der Waals surface area (Å²) in [6.07, 6.45) is 2.69. The molecule has 28 heavy (non-hydrogen) atoms. The second kappa shape index (κ2) is 8.69. The fourth-order valence-corrected chi connectivity index (χ4v) is 3.59. The van der Waals surface area contributed by atoms with E-state index in [2.05, 4.69) is 10.6 Å². The van der Waals surface area contributed by atoms with Gasteiger partial charge in [0, 0.05) is 5.69 Å². The predicted octanol–water partition coefficient (Wildman–Crippen LogP) is 4.08. The average molecular weight is 380 g/mol. The Balaban J connectivity index is 1.76. The maximum absolute atomic E-state index is 12.7. The molecule has 0 spiro atoms. The number of benzene rings is 2. The Morgan fingerprint density at radius 2 is 1.54 bits per heavy atom. The quantitative estimate of drug-likeness (QED) is 0.728. The topological polar surface area (TPSA) is 95.5 Å². The largest absolute Gasteiger partial charge is 0.481 e. The SMILES string of the molecule is Cc1ccc(NC(=O)c2ccccc2NC(=O)C2CCCCC2C(=O)O)cc1. The van der Waals surface area contributed by atoms with E-state index in [9.17, 15) is 19.5 Å². The van der Waals surface area contributed by atoms with Gasteiger partial charge in [0.15, 0.2) is 0 Å². The Morgan fingerprint density at radius 3 is 2.21 bits per heavy atom. The fraction of sp³-hybridized carbons (Fsp3) is 0.318. The lowest BCUT2D eigenvalue weighted by Gasteiger charge is -2.27. The van der Waals surface area contributed by atoms with Gasteiger partial charge < -0.3 is 15.7 Å². The van der Waals surface area contributed by atoms with E-state index >= 15 is 0 Å². The van der Waals surface area contributed by atoms with Crippen molar-refractivity contribution in [2.45, 2.75) is 32.6 Å². The first-order valence-electron chi connectivity index (χ1n) is 9.46. The maximum atomic E-state index is 12.7. The fourth-order valence-electron chi connectivity index (χ4n) is 3.59. The van der Waals surface area contributed by atoms with Gasteiger partial charge in [0.2, 0.25) is 5.91 Å². The molecule has 2 amide bonds. The van der Waals surface area contributed by atoms with Crippen molar-refractivity contribution in [2.24, 2.45) is 11.8 Å². The Labute approximate surface area is 164 Å². The van der Waals surface area contributed by atoms with Crippen molar-refractivity contribution in [1.29, 1.82) is 0 Å². The molecule has 2 aromatic rings. The number of anilines is 2. The van der Waals surface area contributed by atoms with Crippen molar-refractivity contribution in [3.63, 3.8) is 0 Å². The van der Waals surface area contributed by atoms with Gasteiger partial charge in [-0.15, -0.1) is 0 Å². The number of nitrogens with one attached hydrogen (secondary N) is 2. The number of rotatable bonds is 5. The normalized spacial score (nSPS) is 18.9. The molecule has 0 radical (unpaired) electrons. The monoisotopic (exact) mass is 380 g/mol. The van der Waals surface area contributed by atoms with Crippen LogP contribution in [0, 0.1) is 18.8 Å². The summed E-state index contributed by atoms with van der Waals surface area (Å²) >= 11 is 0. The molecular formula is C22H24N2O4. The highest BCUT2D eigenvalue weighted by molar-refractivity contribution is 6.10. The zero-order chi connectivity index (χ0) is 20.1. The van der Waals surface area contributed by atoms with Gasteiger partial charge in [0.25, 0.3) is 5.91 Å². The lowest BCUT2D eigenvalue weighted by molar-refractivity contribution is -0.147. The zero-order valence-electron chi connectivity index (χ0n) is 15.8. The molecule has 0 aromatic heterocycles. The van der Waals surface area contributed by atoms with Crippen LogP contribution in [0.2, 0.25) is 0 Å². The van der Waals surface area contributed by atoms with E-state index in [0.717, 1.165) is 18.4 Å². The molecule has 2 atom stereocenters. The molecule has 2 aromatic carbocycles. The van der Waals surface area contributed by atoms with Crippen molar-refractivity contribution >= 4 is 29.2 Å². The summed E-state index contributed by atoms with van der Waals surface area (Å²) in [6, 6.07) is 14.2. The van der Waals surface area contributed by atoms with Crippen molar-refractivity contribution in [3.05, 3.63) is 59.7 Å². The molecule has 1 aliphatic carbocycles. The molecule has 6 heteroatoms. The van der Waals surface area contributed by atoms with Crippen LogP contribution in [0.5, 0.6) is 0 Å². The Kier molecular flexibility index (Phi) is 6.09. The standard InChI is InChI=1S/C22H24N2O4/c1-14-10-12-15(13-11-14)23-21(26)18-8-4-5-9-19(18)24-20(25)16-6-2-3-7-17(16)22(27)28/h4-5,8-13,16-17H,2-3,6-7H2,1H3,(H,23,26)(H,24,25)(H,27,28). The average Bonchev–Trinajstić information content (AvgIpc) is 2.70. The first kappa shape index (κ1) is 19.6. The molecule has 3 N–H and O–H groups in total. The summed E-state index contributed by atoms with van der Waals surface area (Å²) in [6.45, 7) is 1.96. The smallest absolute Gasteiger partial charge is 0.307 e. The van der Waals surface area contributed by atoms with Crippen LogP contribution < -0.4 is 10.6 Å². The number of hydrogen-bond acceptors (Lipinski definition) is 3. The number of carboxylic acids is 1. The number of aliphatic carboxylic acids is 1. The van der Waals surface area contributed by atoms with Gasteiger partial charge in [-0.05, 0) is 44.0 Å². The number of carbonyl (C=O) groups excluding carboxylic acids is 2. The van der Waals surface area contributed by atoms with Crippen LogP contribution in [0.3, 0.4) is 0 Å². The van der Waals surface area contributed by atoms with Gasteiger partial charge in [-0.3, -0.25) is 14.4 Å². The van der Waals surface area contributed by atoms with Crippen LogP contribution in [0.15, 0.2) is 48.5 Å². The van der Waals surface area contributed by atoms with Gasteiger partial charge in [-0.2, -0.15) is 0 Å². The van der Waals surface area contributed by atoms with E-state index in [4.69, 9.17) is 0 Å². The van der Waals surface area contributed by atoms with Gasteiger partial charge in [-0.1, -0.05) is 42.7 Å².